The molecule has 3 aromatic carbocycles. The fourth-order valence-electron chi connectivity index (χ4n) is 11.6. The van der Waals surface area contributed by atoms with Crippen molar-refractivity contribution in [2.24, 2.45) is 11.5 Å². The first kappa shape index (κ1) is 71.3. The molecule has 2 aliphatic heterocycles. The van der Waals surface area contributed by atoms with Gasteiger partial charge >= 0.3 is 5.97 Å². The number of nitrogens with zero attached hydrogens (tertiary/aromatic N) is 2. The third-order valence-corrected chi connectivity index (χ3v) is 16.5. The summed E-state index contributed by atoms with van der Waals surface area (Å²) in [5, 5.41) is 41.6. The van der Waals surface area contributed by atoms with Gasteiger partial charge in [0, 0.05) is 91.7 Å². The number of benzene rings is 3. The first-order chi connectivity index (χ1) is 46.0. The first-order valence-electron chi connectivity index (χ1n) is 31.4. The summed E-state index contributed by atoms with van der Waals surface area (Å²) in [5.74, 6) is -12.3. The van der Waals surface area contributed by atoms with Crippen LogP contribution in [0, 0.1) is 11.6 Å². The summed E-state index contributed by atoms with van der Waals surface area (Å²) in [5.41, 5.74) is 13.7. The van der Waals surface area contributed by atoms with Gasteiger partial charge in [-0.3, -0.25) is 52.7 Å². The number of imidazole rings is 1. The number of aliphatic carboxylic acids is 1. The van der Waals surface area contributed by atoms with E-state index in [9.17, 15) is 66.9 Å². The van der Waals surface area contributed by atoms with E-state index < -0.39 is 157 Å². The van der Waals surface area contributed by atoms with Gasteiger partial charge in [-0.25, -0.2) is 13.8 Å². The molecule has 0 unspecified atom stereocenters. The third-order valence-electron chi connectivity index (χ3n) is 16.5. The summed E-state index contributed by atoms with van der Waals surface area (Å²) in [6, 6.07) is 0.982. The molecule has 9 atom stereocenters. The largest absolute Gasteiger partial charge is 0.508 e. The molecule has 29 nitrogen and oxygen atoms in total. The lowest BCUT2D eigenvalue weighted by atomic mass is 10.0. The summed E-state index contributed by atoms with van der Waals surface area (Å²) in [4.78, 5) is 169. The fourth-order valence-corrected chi connectivity index (χ4v) is 11.6. The van der Waals surface area contributed by atoms with Gasteiger partial charge in [0.25, 0.3) is 0 Å². The summed E-state index contributed by atoms with van der Waals surface area (Å²) < 4.78 is 35.8. The van der Waals surface area contributed by atoms with Crippen molar-refractivity contribution in [2.75, 3.05) is 26.2 Å². The Hall–Kier alpha value is -10.6. The smallest absolute Gasteiger partial charge is 0.305 e. The number of phenols is 1. The molecule has 2 bridgehead atoms. The summed E-state index contributed by atoms with van der Waals surface area (Å²) >= 11 is 0. The topological polar surface area (TPSA) is 449 Å². The maximum atomic E-state index is 15.0. The number of aromatic nitrogens is 4. The number of nitrogens with one attached hydrogen (secondary N) is 11. The SMILES string of the molecule is CC(=O)N[C@H]1CCCCC=CCO[C@H]2C[C@@H](C(N)=O)N(C2)C(=O)[C@H](Cc2ccc(O)cc2)NC(=O)[C@H](Cc2cnc[nH]2)NC(=O)[C@H](CC(=O)O)NC(=O)[C@H](Cc2c[nH]c3ccc(F)cc23)NC(=O)[C@H](Cc2c[nH]c3ccc(F)cc23)NC(=O)CNC(=O)[C@H](CCCCN)NC1=O. The lowest BCUT2D eigenvalue weighted by molar-refractivity contribution is -0.142. The quantitative estimate of drug-likeness (QED) is 0.0460. The van der Waals surface area contributed by atoms with E-state index in [-0.39, 0.29) is 74.2 Å². The van der Waals surface area contributed by atoms with Gasteiger partial charge in [-0.2, -0.15) is 0 Å². The maximum absolute atomic E-state index is 15.0. The van der Waals surface area contributed by atoms with Crippen LogP contribution in [-0.4, -0.2) is 181 Å². The lowest BCUT2D eigenvalue weighted by Gasteiger charge is -2.29. The number of carbonyl (C=O) groups excluding carboxylic acids is 10. The zero-order chi connectivity index (χ0) is 69.0. The van der Waals surface area contributed by atoms with Gasteiger partial charge in [-0.15, -0.1) is 0 Å². The van der Waals surface area contributed by atoms with Crippen molar-refractivity contribution in [3.63, 3.8) is 0 Å². The molecule has 10 amide bonds. The van der Waals surface area contributed by atoms with E-state index in [0.717, 1.165) is 6.07 Å². The van der Waals surface area contributed by atoms with Crippen LogP contribution >= 0.6 is 0 Å². The highest BCUT2D eigenvalue weighted by atomic mass is 19.1. The molecule has 3 aromatic heterocycles. The van der Waals surface area contributed by atoms with Gasteiger partial charge in [0.05, 0.1) is 32.0 Å². The molecule has 0 spiro atoms. The minimum atomic E-state index is -2.04. The van der Waals surface area contributed by atoms with Crippen LogP contribution in [0.3, 0.4) is 0 Å². The molecule has 0 radical (unpaired) electrons. The number of hydrogen-bond acceptors (Lipinski definition) is 15. The molecule has 0 saturated carbocycles. The van der Waals surface area contributed by atoms with Crippen molar-refractivity contribution in [1.82, 2.24) is 67.4 Å². The highest BCUT2D eigenvalue weighted by Gasteiger charge is 2.43. The second-order valence-electron chi connectivity index (χ2n) is 23.7. The minimum Gasteiger partial charge on any atom is -0.508 e. The zero-order valence-electron chi connectivity index (χ0n) is 52.6. The summed E-state index contributed by atoms with van der Waals surface area (Å²) in [6.45, 7) is 0.566. The van der Waals surface area contributed by atoms with Crippen LogP contribution < -0.4 is 54.0 Å². The van der Waals surface area contributed by atoms with Crippen LogP contribution in [0.1, 0.15) is 87.1 Å². The van der Waals surface area contributed by atoms with E-state index in [0.29, 0.717) is 59.7 Å². The highest BCUT2D eigenvalue weighted by Crippen LogP contribution is 2.26. The number of fused-ring (bicyclic) bond motifs is 4. The van der Waals surface area contributed by atoms with Crippen molar-refractivity contribution in [3.05, 3.63) is 132 Å². The molecule has 96 heavy (non-hydrogen) atoms. The number of carboxylic acid groups (broad SMARTS) is 1. The normalized spacial score (nSPS) is 23.0. The molecule has 31 heteroatoms. The van der Waals surface area contributed by atoms with Gasteiger partial charge in [0.2, 0.25) is 59.1 Å². The second kappa shape index (κ2) is 34.0. The number of H-pyrrole nitrogens is 3. The van der Waals surface area contributed by atoms with Crippen molar-refractivity contribution in [1.29, 1.82) is 0 Å². The average Bonchev–Trinajstić information content (AvgIpc) is 1.82. The Kier molecular flexibility index (Phi) is 25.3. The zero-order valence-corrected chi connectivity index (χ0v) is 52.6. The number of rotatable bonds is 16. The van der Waals surface area contributed by atoms with Crippen LogP contribution in [0.4, 0.5) is 8.78 Å². The predicted octanol–water partition coefficient (Wildman–Crippen LogP) is 0.362. The van der Waals surface area contributed by atoms with Crippen LogP contribution in [0.5, 0.6) is 5.75 Å². The molecule has 8 rings (SSSR count). The van der Waals surface area contributed by atoms with Gasteiger partial charge in [0.15, 0.2) is 0 Å². The van der Waals surface area contributed by atoms with Crippen molar-refractivity contribution in [2.45, 2.75) is 145 Å². The molecular weight excluding hydrogens is 1250 g/mol. The third kappa shape index (κ3) is 20.2. The molecule has 5 heterocycles. The molecule has 6 aromatic rings. The molecule has 512 valence electrons. The van der Waals surface area contributed by atoms with Crippen molar-refractivity contribution in [3.8, 4) is 5.75 Å². The Morgan fingerprint density at radius 2 is 1.28 bits per heavy atom. The van der Waals surface area contributed by atoms with E-state index in [1.807, 2.05) is 6.08 Å². The van der Waals surface area contributed by atoms with Crippen LogP contribution in [0.15, 0.2) is 97.7 Å². The van der Waals surface area contributed by atoms with Crippen LogP contribution in [0.2, 0.25) is 0 Å². The number of carboxylic acids is 1. The molecule has 0 aliphatic carbocycles. The molecular formula is C65H79F2N15O14. The Morgan fingerprint density at radius 1 is 0.688 bits per heavy atom. The van der Waals surface area contributed by atoms with E-state index >= 15 is 4.79 Å². The molecule has 1 saturated heterocycles. The van der Waals surface area contributed by atoms with Crippen LogP contribution in [0.25, 0.3) is 21.8 Å². The number of ether oxygens (including phenoxy) is 1. The average molecular weight is 1330 g/mol. The summed E-state index contributed by atoms with van der Waals surface area (Å²) in [6.07, 6.45) is 8.11. The predicted molar refractivity (Wildman–Crippen MR) is 342 cm³/mol. The van der Waals surface area contributed by atoms with Gasteiger partial charge in [-0.05, 0) is 110 Å². The number of amides is 10. The molecule has 2 aliphatic rings. The number of unbranched alkanes of at least 4 members (excludes halogenated alkanes) is 1. The number of nitrogens with two attached hydrogens (primary N) is 2. The number of hydrogen-bond donors (Lipinski definition) is 15. The number of phenolic OH excluding ortho intramolecular Hbond substituents is 1. The molecule has 1 fully saturated rings. The Bertz CT molecular complexity index is 3800. The number of allylic oxidation sites excluding steroid dienone is 1. The number of aromatic amines is 3. The van der Waals surface area contributed by atoms with Gasteiger partial charge in [-0.1, -0.05) is 30.7 Å². The fraction of sp³-hybridized carbons (Fsp3) is 0.415. The number of aromatic hydroxyl groups is 1. The van der Waals surface area contributed by atoms with E-state index in [1.165, 1.54) is 91.3 Å². The van der Waals surface area contributed by atoms with E-state index in [1.54, 1.807) is 6.08 Å². The van der Waals surface area contributed by atoms with Crippen LogP contribution in [-0.2, 0) is 83.2 Å². The minimum absolute atomic E-state index is 0.0279. The number of halogens is 2. The lowest BCUT2D eigenvalue weighted by Crippen LogP contribution is -2.61. The maximum Gasteiger partial charge on any atom is 0.305 e. The second-order valence-corrected chi connectivity index (χ2v) is 23.7. The highest BCUT2D eigenvalue weighted by molar-refractivity contribution is 6.00. The standard InChI is InChI=1S/C65H79F2N15O14/c1-35(83)75-49-9-5-3-2-4-8-20-96-43-27-55(58(69)88)82(33-43)65(95)54(21-36-11-15-42(84)16-12-36)81-63(93)52(26-41-31-70-34-74-41)79-64(94)53(28-57(86)87)80-62(92)51(23-38-30-72-47-18-14-40(67)25-45(38)47)78-61(91)50(22-37-29-71-46-17-13-39(66)24-44(37)46)76-56(85)32-73-59(89)48(77-60(49)90)10-6-7-19-68/h4,8,11-18,24-25,29-31,34,43,48-55,71-72,84H,2-3,5-7,9-10,19-23,26-28,32-33,68H2,1H3,(H2,69,88)(H,70,74)(H,73,89)(H,75,83)(H,76,85)(H,77,90)(H,78,91)(H,79,94)(H,80,92)(H,81,93)(H,86,87)/t43-,48-,49-,50-,51-,52-,53-,54-,55-/m0/s1. The number of carbonyl (C=O) groups is 11. The Morgan fingerprint density at radius 3 is 1.88 bits per heavy atom. The summed E-state index contributed by atoms with van der Waals surface area (Å²) in [7, 11) is 0. The van der Waals surface area contributed by atoms with Gasteiger partial charge < -0.3 is 88.8 Å². The van der Waals surface area contributed by atoms with Crippen molar-refractivity contribution >= 4 is 86.8 Å². The molecule has 17 N–H and O–H groups in total. The van der Waals surface area contributed by atoms with Gasteiger partial charge in [0.1, 0.15) is 65.7 Å². The first-order valence-corrected chi connectivity index (χ1v) is 31.4. The van der Waals surface area contributed by atoms with E-state index in [2.05, 4.69) is 62.5 Å². The monoisotopic (exact) mass is 1330 g/mol. The number of primary amides is 1. The Labute approximate surface area is 548 Å². The van der Waals surface area contributed by atoms with E-state index in [4.69, 9.17) is 16.2 Å². The Balaban J connectivity index is 1.16. The van der Waals surface area contributed by atoms with Crippen molar-refractivity contribution < 1.29 is 76.5 Å².